The van der Waals surface area contributed by atoms with E-state index in [1.165, 1.54) is 29.3 Å². The van der Waals surface area contributed by atoms with Crippen LogP contribution in [-0.4, -0.2) is 22.7 Å². The Balaban J connectivity index is 1.56. The summed E-state index contributed by atoms with van der Waals surface area (Å²) in [5.74, 6) is -2.21. The molecule has 1 fully saturated rings. The number of rotatable bonds is 4. The molecule has 8 nitrogen and oxygen atoms in total. The summed E-state index contributed by atoms with van der Waals surface area (Å²) in [5, 5.41) is 12.4. The fraction of sp³-hybridized carbons (Fsp3) is 0.130. The molecular formula is C23H16N2O6. The lowest BCUT2D eigenvalue weighted by Gasteiger charge is -2.25. The van der Waals surface area contributed by atoms with Crippen LogP contribution in [0.2, 0.25) is 0 Å². The monoisotopic (exact) mass is 416 g/mol. The highest BCUT2D eigenvalue weighted by atomic mass is 16.8. The number of hydrogen-bond donors (Lipinski definition) is 0. The van der Waals surface area contributed by atoms with Crippen LogP contribution >= 0.6 is 0 Å². The Kier molecular flexibility index (Phi) is 4.30. The van der Waals surface area contributed by atoms with E-state index in [0.717, 1.165) is 0 Å². The summed E-state index contributed by atoms with van der Waals surface area (Å²) in [4.78, 5) is 42.4. The lowest BCUT2D eigenvalue weighted by atomic mass is 9.93. The van der Waals surface area contributed by atoms with Gasteiger partial charge >= 0.3 is 5.97 Å². The van der Waals surface area contributed by atoms with Crippen molar-refractivity contribution in [3.8, 4) is 0 Å². The number of non-ortho nitro benzene ring substituents is 1. The number of ketones is 1. The molecule has 5 rings (SSSR count). The zero-order chi connectivity index (χ0) is 21.6. The number of Topliss-reactive ketones (excluding diaryl/α,β-unsaturated/α-hetero) is 1. The van der Waals surface area contributed by atoms with Crippen LogP contribution in [0.3, 0.4) is 0 Å². The van der Waals surface area contributed by atoms with Crippen molar-refractivity contribution in [2.24, 2.45) is 0 Å². The first-order valence-corrected chi connectivity index (χ1v) is 9.63. The molecular weight excluding hydrogens is 400 g/mol. The normalized spacial score (nSPS) is 21.7. The number of nitro groups is 1. The molecule has 0 amide bonds. The molecule has 0 radical (unpaired) electrons. The Morgan fingerprint density at radius 2 is 1.68 bits per heavy atom. The zero-order valence-electron chi connectivity index (χ0n) is 16.1. The standard InChI is InChI=1S/C23H16N2O6/c26-21(15-10-12-17(13-11-15)25(28)29)20-14-23(31-24(20)16-6-2-1-3-7-16)19-9-5-4-8-18(19)22(27)30-23/h1-13,20H,14H2/t20-,23+/m1/s1. The van der Waals surface area contributed by atoms with Gasteiger partial charge in [0, 0.05) is 23.3 Å². The van der Waals surface area contributed by atoms with E-state index >= 15 is 0 Å². The number of nitrogens with zero attached hydrogens (tertiary/aromatic N) is 2. The predicted octanol–water partition coefficient (Wildman–Crippen LogP) is 4.01. The Labute approximate surface area is 176 Å². The minimum atomic E-state index is -1.41. The Morgan fingerprint density at radius 1 is 1.00 bits per heavy atom. The number of para-hydroxylation sites is 1. The summed E-state index contributed by atoms with van der Waals surface area (Å²) in [7, 11) is 0. The first kappa shape index (κ1) is 19.0. The molecule has 2 aliphatic rings. The lowest BCUT2D eigenvalue weighted by Crippen LogP contribution is -2.35. The van der Waals surface area contributed by atoms with Crippen molar-refractivity contribution in [1.82, 2.24) is 0 Å². The van der Waals surface area contributed by atoms with E-state index in [1.54, 1.807) is 36.4 Å². The van der Waals surface area contributed by atoms with Crippen molar-refractivity contribution in [3.05, 3.63) is 106 Å². The van der Waals surface area contributed by atoms with Crippen LogP contribution in [0.5, 0.6) is 0 Å². The van der Waals surface area contributed by atoms with Crippen LogP contribution in [0, 0.1) is 10.1 Å². The van der Waals surface area contributed by atoms with E-state index in [1.807, 2.05) is 18.2 Å². The molecule has 2 atom stereocenters. The number of benzene rings is 3. The number of hydrogen-bond acceptors (Lipinski definition) is 7. The largest absolute Gasteiger partial charge is 0.423 e. The third kappa shape index (κ3) is 3.04. The number of nitro benzene ring substituents is 1. The van der Waals surface area contributed by atoms with Gasteiger partial charge in [-0.25, -0.2) is 14.7 Å². The number of carbonyl (C=O) groups is 2. The Bertz CT molecular complexity index is 1190. The molecule has 3 aromatic carbocycles. The second-order valence-electron chi connectivity index (χ2n) is 7.33. The maximum atomic E-state index is 13.4. The highest BCUT2D eigenvalue weighted by Gasteiger charge is 2.57. The Morgan fingerprint density at radius 3 is 2.39 bits per heavy atom. The zero-order valence-corrected chi connectivity index (χ0v) is 16.1. The van der Waals surface area contributed by atoms with Gasteiger partial charge in [0.25, 0.3) is 11.5 Å². The summed E-state index contributed by atoms with van der Waals surface area (Å²) in [5.41, 5.74) is 1.79. The maximum Gasteiger partial charge on any atom is 0.341 e. The molecule has 2 heterocycles. The average molecular weight is 416 g/mol. The molecule has 8 heteroatoms. The summed E-state index contributed by atoms with van der Waals surface area (Å²) in [6.07, 6.45) is 0.0838. The smallest absolute Gasteiger partial charge is 0.341 e. The molecule has 3 aromatic rings. The SMILES string of the molecule is O=C1O[C@]2(C[C@H](C(=O)c3ccc([N+](=O)[O-])cc3)N(c3ccccc3)O2)c2ccccc21. The van der Waals surface area contributed by atoms with Crippen LogP contribution in [-0.2, 0) is 15.4 Å². The van der Waals surface area contributed by atoms with Gasteiger partial charge in [-0.05, 0) is 30.3 Å². The van der Waals surface area contributed by atoms with Gasteiger partial charge in [0.2, 0.25) is 0 Å². The van der Waals surface area contributed by atoms with Gasteiger partial charge in [-0.1, -0.05) is 36.4 Å². The van der Waals surface area contributed by atoms with E-state index in [9.17, 15) is 19.7 Å². The highest BCUT2D eigenvalue weighted by molar-refractivity contribution is 6.02. The van der Waals surface area contributed by atoms with Crippen LogP contribution < -0.4 is 5.06 Å². The fourth-order valence-corrected chi connectivity index (χ4v) is 4.02. The van der Waals surface area contributed by atoms with Gasteiger partial charge < -0.3 is 4.74 Å². The fourth-order valence-electron chi connectivity index (χ4n) is 4.02. The van der Waals surface area contributed by atoms with E-state index in [-0.39, 0.29) is 17.9 Å². The van der Waals surface area contributed by atoms with E-state index in [4.69, 9.17) is 9.57 Å². The number of anilines is 1. The first-order valence-electron chi connectivity index (χ1n) is 9.63. The van der Waals surface area contributed by atoms with Gasteiger partial charge in [0.05, 0.1) is 22.6 Å². The number of ether oxygens (including phenoxy) is 1. The summed E-state index contributed by atoms with van der Waals surface area (Å²) < 4.78 is 5.65. The number of fused-ring (bicyclic) bond motifs is 2. The van der Waals surface area contributed by atoms with Crippen molar-refractivity contribution >= 4 is 23.1 Å². The molecule has 0 bridgehead atoms. The molecule has 0 aromatic heterocycles. The molecule has 0 saturated carbocycles. The van der Waals surface area contributed by atoms with Gasteiger partial charge in [-0.15, -0.1) is 0 Å². The van der Waals surface area contributed by atoms with Gasteiger partial charge in [0.15, 0.2) is 5.78 Å². The van der Waals surface area contributed by atoms with Crippen LogP contribution in [0.25, 0.3) is 0 Å². The van der Waals surface area contributed by atoms with Gasteiger partial charge in [0.1, 0.15) is 6.04 Å². The quantitative estimate of drug-likeness (QED) is 0.274. The third-order valence-corrected chi connectivity index (χ3v) is 5.48. The lowest BCUT2D eigenvalue weighted by molar-refractivity contribution is -0.384. The summed E-state index contributed by atoms with van der Waals surface area (Å²) in [6.45, 7) is 0. The molecule has 154 valence electrons. The van der Waals surface area contributed by atoms with Crippen molar-refractivity contribution < 1.29 is 24.1 Å². The number of carbonyl (C=O) groups excluding carboxylic acids is 2. The first-order chi connectivity index (χ1) is 15.0. The van der Waals surface area contributed by atoms with Gasteiger partial charge in [-0.2, -0.15) is 0 Å². The van der Waals surface area contributed by atoms with E-state index in [2.05, 4.69) is 0 Å². The van der Waals surface area contributed by atoms with Crippen LogP contribution in [0.15, 0.2) is 78.9 Å². The minimum Gasteiger partial charge on any atom is -0.423 e. The van der Waals surface area contributed by atoms with Gasteiger partial charge in [-0.3, -0.25) is 14.9 Å². The molecule has 2 aliphatic heterocycles. The second-order valence-corrected chi connectivity index (χ2v) is 7.33. The second kappa shape index (κ2) is 7.03. The predicted molar refractivity (Wildman–Crippen MR) is 109 cm³/mol. The third-order valence-electron chi connectivity index (χ3n) is 5.48. The number of esters is 1. The molecule has 1 spiro atoms. The van der Waals surface area contributed by atoms with Crippen LogP contribution in [0.1, 0.15) is 32.7 Å². The van der Waals surface area contributed by atoms with Crippen molar-refractivity contribution in [3.63, 3.8) is 0 Å². The molecule has 1 saturated heterocycles. The topological polar surface area (TPSA) is 99.0 Å². The maximum absolute atomic E-state index is 13.4. The van der Waals surface area contributed by atoms with Crippen molar-refractivity contribution in [2.75, 3.05) is 5.06 Å². The molecule has 0 unspecified atom stereocenters. The van der Waals surface area contributed by atoms with Crippen molar-refractivity contribution in [2.45, 2.75) is 18.2 Å². The summed E-state index contributed by atoms with van der Waals surface area (Å²) >= 11 is 0. The molecule has 0 N–H and O–H groups in total. The molecule has 31 heavy (non-hydrogen) atoms. The minimum absolute atomic E-state index is 0.0838. The average Bonchev–Trinajstić information content (AvgIpc) is 3.32. The highest BCUT2D eigenvalue weighted by Crippen LogP contribution is 2.48. The van der Waals surface area contributed by atoms with Crippen molar-refractivity contribution in [1.29, 1.82) is 0 Å². The number of hydroxylamine groups is 1. The molecule has 0 aliphatic carbocycles. The van der Waals surface area contributed by atoms with E-state index in [0.29, 0.717) is 22.4 Å². The Hall–Kier alpha value is -4.04. The van der Waals surface area contributed by atoms with Crippen LogP contribution in [0.4, 0.5) is 11.4 Å². The summed E-state index contributed by atoms with van der Waals surface area (Å²) in [6, 6.07) is 20.6. The van der Waals surface area contributed by atoms with E-state index < -0.39 is 22.7 Å².